The third kappa shape index (κ3) is 2.12. The predicted octanol–water partition coefficient (Wildman–Crippen LogP) is 0.483. The SMILES string of the molecule is CCOC(=O)c1nc2n(c(=O)c1O)CCC1CCC2(N)C1. The van der Waals surface area contributed by atoms with Crippen LogP contribution in [0.25, 0.3) is 0 Å². The molecule has 2 heterocycles. The lowest BCUT2D eigenvalue weighted by Gasteiger charge is -2.25. The molecule has 2 atom stereocenters. The van der Waals surface area contributed by atoms with E-state index >= 15 is 0 Å². The quantitative estimate of drug-likeness (QED) is 0.768. The fourth-order valence-electron chi connectivity index (χ4n) is 3.42. The Labute approximate surface area is 121 Å². The van der Waals surface area contributed by atoms with E-state index in [1.807, 2.05) is 0 Å². The van der Waals surface area contributed by atoms with Crippen LogP contribution in [0, 0.1) is 5.92 Å². The fraction of sp³-hybridized carbons (Fsp3) is 0.643. The summed E-state index contributed by atoms with van der Waals surface area (Å²) < 4.78 is 6.26. The molecule has 0 spiro atoms. The van der Waals surface area contributed by atoms with Crippen LogP contribution in [-0.2, 0) is 16.8 Å². The Morgan fingerprint density at radius 2 is 2.33 bits per heavy atom. The minimum Gasteiger partial charge on any atom is -0.501 e. The average Bonchev–Trinajstić information content (AvgIpc) is 2.75. The monoisotopic (exact) mass is 293 g/mol. The first kappa shape index (κ1) is 14.1. The van der Waals surface area contributed by atoms with Crippen molar-refractivity contribution in [1.29, 1.82) is 0 Å². The number of ether oxygens (including phenoxy) is 1. The Bertz CT molecular complexity index is 654. The van der Waals surface area contributed by atoms with Gasteiger partial charge in [-0.3, -0.25) is 9.36 Å². The molecule has 2 unspecified atom stereocenters. The zero-order valence-corrected chi connectivity index (χ0v) is 12.0. The highest BCUT2D eigenvalue weighted by Gasteiger charge is 2.43. The first-order chi connectivity index (χ1) is 9.96. The molecular weight excluding hydrogens is 274 g/mol. The van der Waals surface area contributed by atoms with Crippen LogP contribution in [0.15, 0.2) is 4.79 Å². The number of nitrogens with zero attached hydrogens (tertiary/aromatic N) is 2. The first-order valence-corrected chi connectivity index (χ1v) is 7.26. The van der Waals surface area contributed by atoms with Crippen molar-refractivity contribution in [3.63, 3.8) is 0 Å². The summed E-state index contributed by atoms with van der Waals surface area (Å²) in [5.74, 6) is -0.589. The number of aromatic hydroxyl groups is 1. The second kappa shape index (κ2) is 4.84. The summed E-state index contributed by atoms with van der Waals surface area (Å²) in [6, 6.07) is 0. The van der Waals surface area contributed by atoms with Gasteiger partial charge in [0, 0.05) is 6.54 Å². The number of aromatic nitrogens is 2. The number of carbonyl (C=O) groups excluding carboxylic acids is 1. The van der Waals surface area contributed by atoms with Gasteiger partial charge in [-0.15, -0.1) is 0 Å². The second-order valence-corrected chi connectivity index (χ2v) is 5.86. The Morgan fingerprint density at radius 3 is 3.05 bits per heavy atom. The molecule has 1 fully saturated rings. The largest absolute Gasteiger partial charge is 0.501 e. The number of rotatable bonds is 2. The Hall–Kier alpha value is -1.89. The molecule has 7 nitrogen and oxygen atoms in total. The topological polar surface area (TPSA) is 107 Å². The number of esters is 1. The molecule has 114 valence electrons. The maximum absolute atomic E-state index is 12.3. The summed E-state index contributed by atoms with van der Waals surface area (Å²) in [5, 5.41) is 9.96. The molecule has 21 heavy (non-hydrogen) atoms. The normalized spacial score (nSPS) is 27.0. The summed E-state index contributed by atoms with van der Waals surface area (Å²) >= 11 is 0. The number of fused-ring (bicyclic) bond motifs is 4. The van der Waals surface area contributed by atoms with E-state index in [9.17, 15) is 14.7 Å². The fourth-order valence-corrected chi connectivity index (χ4v) is 3.42. The molecule has 0 aromatic carbocycles. The van der Waals surface area contributed by atoms with E-state index in [4.69, 9.17) is 10.5 Å². The molecule has 1 aromatic heterocycles. The van der Waals surface area contributed by atoms with Crippen molar-refractivity contribution < 1.29 is 14.6 Å². The lowest BCUT2D eigenvalue weighted by atomic mass is 9.96. The highest BCUT2D eigenvalue weighted by Crippen LogP contribution is 2.43. The smallest absolute Gasteiger partial charge is 0.361 e. The maximum atomic E-state index is 12.3. The van der Waals surface area contributed by atoms with Crippen molar-refractivity contribution in [2.24, 2.45) is 11.7 Å². The lowest BCUT2D eigenvalue weighted by Crippen LogP contribution is -2.41. The minimum atomic E-state index is -0.794. The van der Waals surface area contributed by atoms with Gasteiger partial charge in [0.05, 0.1) is 12.1 Å². The third-order valence-electron chi connectivity index (χ3n) is 4.47. The van der Waals surface area contributed by atoms with Gasteiger partial charge in [0.2, 0.25) is 5.75 Å². The molecule has 2 aliphatic rings. The van der Waals surface area contributed by atoms with Crippen LogP contribution in [0.1, 0.15) is 48.9 Å². The Kier molecular flexibility index (Phi) is 3.24. The van der Waals surface area contributed by atoms with Crippen LogP contribution in [0.4, 0.5) is 0 Å². The third-order valence-corrected chi connectivity index (χ3v) is 4.47. The average molecular weight is 293 g/mol. The van der Waals surface area contributed by atoms with Crippen LogP contribution < -0.4 is 11.3 Å². The van der Waals surface area contributed by atoms with Crippen molar-refractivity contribution in [3.8, 4) is 5.75 Å². The number of carbonyl (C=O) groups is 1. The van der Waals surface area contributed by atoms with Crippen LogP contribution >= 0.6 is 0 Å². The molecule has 1 aliphatic carbocycles. The standard InChI is InChI=1S/C14H19N3O4/c1-2-21-12(20)9-10(18)11(19)17-6-4-8-3-5-14(15,7-8)13(17)16-9/h8,18H,2-7,15H2,1H3. The van der Waals surface area contributed by atoms with Crippen LogP contribution in [0.3, 0.4) is 0 Å². The minimum absolute atomic E-state index is 0.147. The van der Waals surface area contributed by atoms with Gasteiger partial charge in [-0.1, -0.05) is 0 Å². The van der Waals surface area contributed by atoms with Gasteiger partial charge in [0.1, 0.15) is 5.82 Å². The summed E-state index contributed by atoms with van der Waals surface area (Å²) in [5.41, 5.74) is 4.78. The Morgan fingerprint density at radius 1 is 1.57 bits per heavy atom. The molecule has 1 aliphatic heterocycles. The highest BCUT2D eigenvalue weighted by molar-refractivity contribution is 5.90. The second-order valence-electron chi connectivity index (χ2n) is 5.86. The van der Waals surface area contributed by atoms with Crippen LogP contribution in [0.2, 0.25) is 0 Å². The van der Waals surface area contributed by atoms with E-state index in [0.717, 1.165) is 25.7 Å². The molecule has 0 amide bonds. The van der Waals surface area contributed by atoms with Crippen molar-refractivity contribution in [1.82, 2.24) is 9.55 Å². The van der Waals surface area contributed by atoms with Crippen molar-refractivity contribution >= 4 is 5.97 Å². The van der Waals surface area contributed by atoms with Gasteiger partial charge in [-0.2, -0.15) is 0 Å². The molecule has 0 radical (unpaired) electrons. The number of nitrogens with two attached hydrogens (primary N) is 1. The van der Waals surface area contributed by atoms with E-state index < -0.39 is 22.8 Å². The molecule has 1 saturated carbocycles. The molecule has 3 N–H and O–H groups in total. The number of hydrogen-bond acceptors (Lipinski definition) is 6. The lowest BCUT2D eigenvalue weighted by molar-refractivity contribution is 0.0513. The highest BCUT2D eigenvalue weighted by atomic mass is 16.5. The van der Waals surface area contributed by atoms with Gasteiger partial charge in [0.15, 0.2) is 5.69 Å². The summed E-state index contributed by atoms with van der Waals surface area (Å²) in [6.45, 7) is 2.27. The Balaban J connectivity index is 2.18. The summed E-state index contributed by atoms with van der Waals surface area (Å²) in [6.07, 6.45) is 3.33. The van der Waals surface area contributed by atoms with Crippen LogP contribution in [0.5, 0.6) is 5.75 Å². The molecule has 7 heteroatoms. The molecule has 0 saturated heterocycles. The van der Waals surface area contributed by atoms with E-state index in [-0.39, 0.29) is 12.3 Å². The van der Waals surface area contributed by atoms with Crippen molar-refractivity contribution in [3.05, 3.63) is 21.9 Å². The van der Waals surface area contributed by atoms with Crippen LogP contribution in [-0.4, -0.2) is 27.2 Å². The van der Waals surface area contributed by atoms with E-state index in [0.29, 0.717) is 18.3 Å². The van der Waals surface area contributed by atoms with Gasteiger partial charge in [-0.05, 0) is 38.5 Å². The van der Waals surface area contributed by atoms with Crippen molar-refractivity contribution in [2.45, 2.75) is 44.7 Å². The summed E-state index contributed by atoms with van der Waals surface area (Å²) in [4.78, 5) is 28.4. The first-order valence-electron chi connectivity index (χ1n) is 7.26. The van der Waals surface area contributed by atoms with E-state index in [1.54, 1.807) is 6.92 Å². The van der Waals surface area contributed by atoms with Gasteiger partial charge in [0.25, 0.3) is 5.56 Å². The van der Waals surface area contributed by atoms with E-state index in [2.05, 4.69) is 4.98 Å². The zero-order valence-electron chi connectivity index (χ0n) is 12.0. The molecule has 3 rings (SSSR count). The zero-order chi connectivity index (χ0) is 15.2. The summed E-state index contributed by atoms with van der Waals surface area (Å²) in [7, 11) is 0. The van der Waals surface area contributed by atoms with Gasteiger partial charge < -0.3 is 15.6 Å². The molecule has 1 aromatic rings. The predicted molar refractivity (Wildman–Crippen MR) is 73.9 cm³/mol. The maximum Gasteiger partial charge on any atom is 0.361 e. The van der Waals surface area contributed by atoms with Gasteiger partial charge >= 0.3 is 5.97 Å². The van der Waals surface area contributed by atoms with E-state index in [1.165, 1.54) is 4.57 Å². The molecular formula is C14H19N3O4. The van der Waals surface area contributed by atoms with Crippen molar-refractivity contribution in [2.75, 3.05) is 6.61 Å². The molecule has 2 bridgehead atoms. The van der Waals surface area contributed by atoms with Gasteiger partial charge in [-0.25, -0.2) is 9.78 Å². The number of hydrogen-bond donors (Lipinski definition) is 2.